The largest absolute Gasteiger partial charge is 0.255 e. The van der Waals surface area contributed by atoms with Crippen LogP contribution in [0.1, 0.15) is 0 Å². The van der Waals surface area contributed by atoms with E-state index in [1.54, 1.807) is 6.20 Å². The van der Waals surface area contributed by atoms with E-state index < -0.39 is 0 Å². The summed E-state index contributed by atoms with van der Waals surface area (Å²) < 4.78 is 0. The quantitative estimate of drug-likeness (QED) is 0.181. The minimum atomic E-state index is 0.650. The fourth-order valence-corrected chi connectivity index (χ4v) is 6.61. The highest BCUT2D eigenvalue weighted by Crippen LogP contribution is 2.38. The first kappa shape index (κ1) is 27.8. The van der Waals surface area contributed by atoms with Gasteiger partial charge >= 0.3 is 0 Å². The van der Waals surface area contributed by atoms with Crippen LogP contribution in [-0.4, -0.2) is 19.9 Å². The number of para-hydroxylation sites is 1. The summed E-state index contributed by atoms with van der Waals surface area (Å²) in [5.41, 5.74) is 9.54. The van der Waals surface area contributed by atoms with Crippen molar-refractivity contribution in [1.29, 1.82) is 0 Å². The molecule has 3 heterocycles. The molecule has 0 spiro atoms. The standard InChI is InChI=1S/C44H28N4/c1-2-12-29(13-3-1)31-15-10-18-34(26-31)44-47-40(28-41(48-44)39-22-8-9-25-45-39)32-16-11-17-33(27-32)43-37-24-23-30-14-4-5-19-35(30)42(37)36-20-6-7-21-38(36)46-43/h1-28H. The zero-order valence-corrected chi connectivity index (χ0v) is 26.0. The maximum Gasteiger partial charge on any atom is 0.160 e. The second-order valence-electron chi connectivity index (χ2n) is 11.9. The maximum atomic E-state index is 5.24. The highest BCUT2D eigenvalue weighted by Gasteiger charge is 2.16. The van der Waals surface area contributed by atoms with Crippen LogP contribution in [0, 0.1) is 0 Å². The third kappa shape index (κ3) is 4.97. The second kappa shape index (κ2) is 11.7. The molecule has 0 aliphatic heterocycles. The molecule has 0 amide bonds. The maximum absolute atomic E-state index is 5.24. The smallest absolute Gasteiger partial charge is 0.160 e. The Hall–Kier alpha value is -6.52. The molecule has 0 bridgehead atoms. The van der Waals surface area contributed by atoms with Crippen molar-refractivity contribution in [3.8, 4) is 56.4 Å². The summed E-state index contributed by atoms with van der Waals surface area (Å²) in [5.74, 6) is 0.650. The van der Waals surface area contributed by atoms with E-state index >= 15 is 0 Å². The number of benzene rings is 6. The zero-order chi connectivity index (χ0) is 31.9. The summed E-state index contributed by atoms with van der Waals surface area (Å²) >= 11 is 0. The molecule has 48 heavy (non-hydrogen) atoms. The van der Waals surface area contributed by atoms with Gasteiger partial charge in [-0.25, -0.2) is 15.0 Å². The summed E-state index contributed by atoms with van der Waals surface area (Å²) in [6, 6.07) is 56.7. The number of fused-ring (bicyclic) bond motifs is 5. The Morgan fingerprint density at radius 1 is 0.354 bits per heavy atom. The van der Waals surface area contributed by atoms with Crippen molar-refractivity contribution in [1.82, 2.24) is 19.9 Å². The Morgan fingerprint density at radius 3 is 1.92 bits per heavy atom. The summed E-state index contributed by atoms with van der Waals surface area (Å²) in [7, 11) is 0. The molecule has 0 fully saturated rings. The van der Waals surface area contributed by atoms with E-state index in [-0.39, 0.29) is 0 Å². The van der Waals surface area contributed by atoms with Gasteiger partial charge in [-0.3, -0.25) is 4.98 Å². The Kier molecular flexibility index (Phi) is 6.76. The molecule has 0 radical (unpaired) electrons. The van der Waals surface area contributed by atoms with Crippen molar-refractivity contribution >= 4 is 32.4 Å². The average molecular weight is 613 g/mol. The number of aromatic nitrogens is 4. The average Bonchev–Trinajstić information content (AvgIpc) is 3.18. The summed E-state index contributed by atoms with van der Waals surface area (Å²) in [5, 5.41) is 5.94. The van der Waals surface area contributed by atoms with Crippen molar-refractivity contribution in [3.63, 3.8) is 0 Å². The number of pyridine rings is 2. The van der Waals surface area contributed by atoms with Crippen LogP contribution in [0.3, 0.4) is 0 Å². The number of hydrogen-bond donors (Lipinski definition) is 0. The van der Waals surface area contributed by atoms with Crippen LogP contribution in [0.25, 0.3) is 88.9 Å². The molecule has 6 aromatic carbocycles. The van der Waals surface area contributed by atoms with E-state index in [4.69, 9.17) is 15.0 Å². The normalized spacial score (nSPS) is 11.3. The highest BCUT2D eigenvalue weighted by atomic mass is 14.9. The summed E-state index contributed by atoms with van der Waals surface area (Å²) in [6.07, 6.45) is 1.80. The van der Waals surface area contributed by atoms with Crippen molar-refractivity contribution in [3.05, 3.63) is 170 Å². The van der Waals surface area contributed by atoms with Crippen LogP contribution in [0.2, 0.25) is 0 Å². The minimum absolute atomic E-state index is 0.650. The lowest BCUT2D eigenvalue weighted by molar-refractivity contribution is 1.16. The summed E-state index contributed by atoms with van der Waals surface area (Å²) in [4.78, 5) is 20.1. The third-order valence-corrected chi connectivity index (χ3v) is 8.90. The Bertz CT molecular complexity index is 2600. The number of rotatable bonds is 5. The molecular formula is C44H28N4. The fraction of sp³-hybridized carbons (Fsp3) is 0. The van der Waals surface area contributed by atoms with E-state index in [2.05, 4.69) is 138 Å². The van der Waals surface area contributed by atoms with Gasteiger partial charge in [-0.1, -0.05) is 127 Å². The fourth-order valence-electron chi connectivity index (χ4n) is 6.61. The van der Waals surface area contributed by atoms with Crippen LogP contribution in [0.5, 0.6) is 0 Å². The molecule has 0 unspecified atom stereocenters. The topological polar surface area (TPSA) is 51.6 Å². The van der Waals surface area contributed by atoms with Crippen molar-refractivity contribution in [2.24, 2.45) is 0 Å². The van der Waals surface area contributed by atoms with Gasteiger partial charge in [-0.15, -0.1) is 0 Å². The molecule has 3 aromatic heterocycles. The van der Waals surface area contributed by atoms with Crippen LogP contribution < -0.4 is 0 Å². The van der Waals surface area contributed by atoms with Gasteiger partial charge in [-0.05, 0) is 58.3 Å². The van der Waals surface area contributed by atoms with Gasteiger partial charge in [0.15, 0.2) is 5.82 Å². The van der Waals surface area contributed by atoms with E-state index in [1.807, 2.05) is 30.3 Å². The van der Waals surface area contributed by atoms with Gasteiger partial charge in [0.2, 0.25) is 0 Å². The molecular weight excluding hydrogens is 585 g/mol. The highest BCUT2D eigenvalue weighted by molar-refractivity contribution is 6.22. The van der Waals surface area contributed by atoms with E-state index in [0.29, 0.717) is 5.82 Å². The molecule has 9 rings (SSSR count). The zero-order valence-electron chi connectivity index (χ0n) is 26.0. The van der Waals surface area contributed by atoms with Crippen molar-refractivity contribution < 1.29 is 0 Å². The lowest BCUT2D eigenvalue weighted by Crippen LogP contribution is -1.97. The molecule has 0 aliphatic carbocycles. The molecule has 4 heteroatoms. The van der Waals surface area contributed by atoms with Crippen LogP contribution >= 0.6 is 0 Å². The Labute approximate surface area is 278 Å². The van der Waals surface area contributed by atoms with Crippen molar-refractivity contribution in [2.45, 2.75) is 0 Å². The molecule has 9 aromatic rings. The van der Waals surface area contributed by atoms with Gasteiger partial charge in [0, 0.05) is 39.0 Å². The van der Waals surface area contributed by atoms with Gasteiger partial charge in [-0.2, -0.15) is 0 Å². The van der Waals surface area contributed by atoms with Gasteiger partial charge in [0.05, 0.1) is 28.3 Å². The molecule has 0 N–H and O–H groups in total. The first-order chi connectivity index (χ1) is 23.8. The molecule has 0 aliphatic rings. The predicted molar refractivity (Wildman–Crippen MR) is 197 cm³/mol. The van der Waals surface area contributed by atoms with E-state index in [1.165, 1.54) is 16.2 Å². The molecule has 0 atom stereocenters. The lowest BCUT2D eigenvalue weighted by Gasteiger charge is -2.14. The molecule has 224 valence electrons. The van der Waals surface area contributed by atoms with Crippen LogP contribution in [0.15, 0.2) is 170 Å². The van der Waals surface area contributed by atoms with Gasteiger partial charge < -0.3 is 0 Å². The second-order valence-corrected chi connectivity index (χ2v) is 11.9. The van der Waals surface area contributed by atoms with Crippen LogP contribution in [0.4, 0.5) is 0 Å². The number of nitrogens with zero attached hydrogens (tertiary/aromatic N) is 4. The SMILES string of the molecule is c1ccc(-c2cccc(-c3nc(-c4cccc(-c5nc6ccccc6c6c5ccc5ccccc56)c4)cc(-c4ccccn4)n3)c2)cc1. The first-order valence-corrected chi connectivity index (χ1v) is 16.1. The first-order valence-electron chi connectivity index (χ1n) is 16.1. The van der Waals surface area contributed by atoms with E-state index in [0.717, 1.165) is 66.9 Å². The molecule has 0 saturated heterocycles. The summed E-state index contributed by atoms with van der Waals surface area (Å²) in [6.45, 7) is 0. The minimum Gasteiger partial charge on any atom is -0.255 e. The van der Waals surface area contributed by atoms with Crippen molar-refractivity contribution in [2.75, 3.05) is 0 Å². The Morgan fingerprint density at radius 2 is 1.04 bits per heavy atom. The molecule has 0 saturated carbocycles. The van der Waals surface area contributed by atoms with Gasteiger partial charge in [0.25, 0.3) is 0 Å². The van der Waals surface area contributed by atoms with E-state index in [9.17, 15) is 0 Å². The van der Waals surface area contributed by atoms with Gasteiger partial charge in [0.1, 0.15) is 0 Å². The monoisotopic (exact) mass is 612 g/mol. The number of hydrogen-bond acceptors (Lipinski definition) is 4. The third-order valence-electron chi connectivity index (χ3n) is 8.90. The van der Waals surface area contributed by atoms with Crippen LogP contribution in [-0.2, 0) is 0 Å². The predicted octanol–water partition coefficient (Wildman–Crippen LogP) is 11.1. The lowest BCUT2D eigenvalue weighted by atomic mass is 9.94. The molecule has 4 nitrogen and oxygen atoms in total. The Balaban J connectivity index is 1.23.